The molecule has 0 bridgehead atoms. The topological polar surface area (TPSA) is 78.4 Å². The third kappa shape index (κ3) is 6.74. The van der Waals surface area contributed by atoms with E-state index < -0.39 is 18.0 Å². The Kier molecular flexibility index (Phi) is 7.21. The number of aliphatic carboxylic acids is 1. The first-order valence-corrected chi connectivity index (χ1v) is 7.04. The second-order valence-corrected chi connectivity index (χ2v) is 4.81. The average Bonchev–Trinajstić information content (AvgIpc) is 2.43. The minimum Gasteiger partial charge on any atom is -0.480 e. The average molecular weight is 296 g/mol. The van der Waals surface area contributed by atoms with E-state index >= 15 is 0 Å². The summed E-state index contributed by atoms with van der Waals surface area (Å²) < 4.78 is 13.0. The van der Waals surface area contributed by atoms with Crippen LogP contribution >= 0.6 is 0 Å². The number of hydrogen-bond acceptors (Lipinski definition) is 2. The maximum atomic E-state index is 13.0. The molecule has 1 aromatic rings. The van der Waals surface area contributed by atoms with Gasteiger partial charge < -0.3 is 15.7 Å². The lowest BCUT2D eigenvalue weighted by atomic mass is 10.1. The van der Waals surface area contributed by atoms with Crippen molar-refractivity contribution in [3.8, 4) is 0 Å². The van der Waals surface area contributed by atoms with E-state index in [-0.39, 0.29) is 5.82 Å². The van der Waals surface area contributed by atoms with Gasteiger partial charge in [-0.3, -0.25) is 0 Å². The number of carboxylic acids is 1. The van der Waals surface area contributed by atoms with Crippen LogP contribution < -0.4 is 10.6 Å². The first-order chi connectivity index (χ1) is 10.0. The van der Waals surface area contributed by atoms with E-state index in [0.29, 0.717) is 19.4 Å². The zero-order chi connectivity index (χ0) is 15.7. The van der Waals surface area contributed by atoms with Gasteiger partial charge in [0.1, 0.15) is 11.9 Å². The molecule has 6 heteroatoms. The zero-order valence-electron chi connectivity index (χ0n) is 12.1. The van der Waals surface area contributed by atoms with Gasteiger partial charge in [0.15, 0.2) is 0 Å². The smallest absolute Gasteiger partial charge is 0.326 e. The number of nitrogens with one attached hydrogen (secondary N) is 2. The molecule has 1 atom stereocenters. The second-order valence-electron chi connectivity index (χ2n) is 4.81. The third-order valence-electron chi connectivity index (χ3n) is 3.04. The number of urea groups is 1. The summed E-state index contributed by atoms with van der Waals surface area (Å²) in [5, 5.41) is 14.0. The maximum absolute atomic E-state index is 13.0. The molecule has 0 aliphatic carbocycles. The predicted octanol–water partition coefficient (Wildman–Crippen LogP) is 2.31. The molecule has 3 N–H and O–H groups in total. The van der Waals surface area contributed by atoms with Crippen molar-refractivity contribution in [1.29, 1.82) is 0 Å². The van der Waals surface area contributed by atoms with Gasteiger partial charge in [-0.05, 0) is 30.5 Å². The fourth-order valence-corrected chi connectivity index (χ4v) is 1.89. The van der Waals surface area contributed by atoms with Crippen LogP contribution in [0.25, 0.3) is 0 Å². The summed E-state index contributed by atoms with van der Waals surface area (Å²) in [6.45, 7) is 2.27. The van der Waals surface area contributed by atoms with Gasteiger partial charge in [-0.2, -0.15) is 0 Å². The normalized spacial score (nSPS) is 11.7. The number of rotatable bonds is 8. The van der Waals surface area contributed by atoms with Crippen LogP contribution in [0.2, 0.25) is 0 Å². The molecule has 0 saturated carbocycles. The van der Waals surface area contributed by atoms with Crippen LogP contribution in [0, 0.1) is 5.82 Å². The highest BCUT2D eigenvalue weighted by molar-refractivity contribution is 5.82. The number of carboxylic acid groups (broad SMARTS) is 1. The van der Waals surface area contributed by atoms with Crippen LogP contribution in [0.15, 0.2) is 24.3 Å². The van der Waals surface area contributed by atoms with Gasteiger partial charge in [-0.25, -0.2) is 14.0 Å². The van der Waals surface area contributed by atoms with Crippen LogP contribution in [-0.4, -0.2) is 29.7 Å². The summed E-state index contributed by atoms with van der Waals surface area (Å²) >= 11 is 0. The molecule has 0 radical (unpaired) electrons. The van der Waals surface area contributed by atoms with E-state index in [0.717, 1.165) is 18.4 Å². The second kappa shape index (κ2) is 8.94. The molecule has 5 nitrogen and oxygen atoms in total. The monoisotopic (exact) mass is 296 g/mol. The number of hydrogen-bond donors (Lipinski definition) is 3. The summed E-state index contributed by atoms with van der Waals surface area (Å²) in [4.78, 5) is 22.6. The molecule has 0 aromatic heterocycles. The lowest BCUT2D eigenvalue weighted by Crippen LogP contribution is -2.46. The Bertz CT molecular complexity index is 480. The number of halogens is 1. The summed E-state index contributed by atoms with van der Waals surface area (Å²) in [5.41, 5.74) is 0.774. The van der Waals surface area contributed by atoms with Gasteiger partial charge >= 0.3 is 12.0 Å². The SMILES string of the molecule is CCCCC(NC(=O)NCCc1cccc(F)c1)C(=O)O. The summed E-state index contributed by atoms with van der Waals surface area (Å²) in [5.74, 6) is -1.36. The van der Waals surface area contributed by atoms with E-state index in [1.54, 1.807) is 12.1 Å². The number of amides is 2. The minimum absolute atomic E-state index is 0.315. The molecule has 116 valence electrons. The Hall–Kier alpha value is -2.11. The Morgan fingerprint density at radius 3 is 2.76 bits per heavy atom. The summed E-state index contributed by atoms with van der Waals surface area (Å²) in [7, 11) is 0. The van der Waals surface area contributed by atoms with Crippen LogP contribution in [0.3, 0.4) is 0 Å². The Morgan fingerprint density at radius 1 is 1.38 bits per heavy atom. The molecule has 0 aliphatic heterocycles. The van der Waals surface area contributed by atoms with Crippen molar-refractivity contribution >= 4 is 12.0 Å². The molecule has 0 fully saturated rings. The van der Waals surface area contributed by atoms with Crippen molar-refractivity contribution in [2.45, 2.75) is 38.6 Å². The van der Waals surface area contributed by atoms with Gasteiger partial charge in [0, 0.05) is 6.54 Å². The minimum atomic E-state index is -1.04. The summed E-state index contributed by atoms with van der Waals surface area (Å²) in [6.07, 6.45) is 2.49. The molecule has 0 heterocycles. The molecular weight excluding hydrogens is 275 g/mol. The predicted molar refractivity (Wildman–Crippen MR) is 77.6 cm³/mol. The quantitative estimate of drug-likeness (QED) is 0.689. The van der Waals surface area contributed by atoms with Crippen molar-refractivity contribution in [1.82, 2.24) is 10.6 Å². The fraction of sp³-hybridized carbons (Fsp3) is 0.467. The van der Waals surface area contributed by atoms with Gasteiger partial charge in [0.25, 0.3) is 0 Å². The van der Waals surface area contributed by atoms with E-state index in [4.69, 9.17) is 5.11 Å². The molecular formula is C15H21FN2O3. The molecule has 1 aromatic carbocycles. The van der Waals surface area contributed by atoms with Crippen molar-refractivity contribution in [2.75, 3.05) is 6.54 Å². The van der Waals surface area contributed by atoms with Crippen LogP contribution in [-0.2, 0) is 11.2 Å². The van der Waals surface area contributed by atoms with Gasteiger partial charge in [0.05, 0.1) is 0 Å². The number of benzene rings is 1. The third-order valence-corrected chi connectivity index (χ3v) is 3.04. The zero-order valence-corrected chi connectivity index (χ0v) is 12.1. The van der Waals surface area contributed by atoms with Crippen molar-refractivity contribution < 1.29 is 19.1 Å². The highest BCUT2D eigenvalue weighted by Gasteiger charge is 2.18. The lowest BCUT2D eigenvalue weighted by Gasteiger charge is -2.14. The molecule has 0 aliphatic rings. The van der Waals surface area contributed by atoms with E-state index in [2.05, 4.69) is 10.6 Å². The van der Waals surface area contributed by atoms with Gasteiger partial charge in [-0.1, -0.05) is 31.9 Å². The molecule has 1 rings (SSSR count). The van der Waals surface area contributed by atoms with Gasteiger partial charge in [0.2, 0.25) is 0 Å². The Morgan fingerprint density at radius 2 is 2.14 bits per heavy atom. The highest BCUT2D eigenvalue weighted by atomic mass is 19.1. The molecule has 21 heavy (non-hydrogen) atoms. The molecule has 0 spiro atoms. The molecule has 2 amide bonds. The number of carbonyl (C=O) groups is 2. The largest absolute Gasteiger partial charge is 0.480 e. The van der Waals surface area contributed by atoms with Crippen molar-refractivity contribution in [3.63, 3.8) is 0 Å². The maximum Gasteiger partial charge on any atom is 0.326 e. The molecule has 1 unspecified atom stereocenters. The number of unbranched alkanes of at least 4 members (excludes halogenated alkanes) is 1. The highest BCUT2D eigenvalue weighted by Crippen LogP contribution is 2.04. The van der Waals surface area contributed by atoms with E-state index in [9.17, 15) is 14.0 Å². The van der Waals surface area contributed by atoms with Crippen molar-refractivity contribution in [2.24, 2.45) is 0 Å². The van der Waals surface area contributed by atoms with Crippen LogP contribution in [0.1, 0.15) is 31.7 Å². The Labute approximate surface area is 123 Å². The van der Waals surface area contributed by atoms with E-state index in [1.165, 1.54) is 12.1 Å². The standard InChI is InChI=1S/C15H21FN2O3/c1-2-3-7-13(14(19)20)18-15(21)17-9-8-11-5-4-6-12(16)10-11/h4-6,10,13H,2-3,7-9H2,1H3,(H,19,20)(H2,17,18,21). The van der Waals surface area contributed by atoms with Crippen LogP contribution in [0.4, 0.5) is 9.18 Å². The molecule has 0 saturated heterocycles. The van der Waals surface area contributed by atoms with Crippen LogP contribution in [0.5, 0.6) is 0 Å². The first-order valence-electron chi connectivity index (χ1n) is 7.04. The first kappa shape index (κ1) is 16.9. The van der Waals surface area contributed by atoms with Gasteiger partial charge in [-0.15, -0.1) is 0 Å². The number of carbonyl (C=O) groups excluding carboxylic acids is 1. The fourth-order valence-electron chi connectivity index (χ4n) is 1.89. The van der Waals surface area contributed by atoms with Crippen molar-refractivity contribution in [3.05, 3.63) is 35.6 Å². The lowest BCUT2D eigenvalue weighted by molar-refractivity contribution is -0.139. The Balaban J connectivity index is 2.34. The van der Waals surface area contributed by atoms with E-state index in [1.807, 2.05) is 6.92 Å². The summed E-state index contributed by atoms with van der Waals surface area (Å²) in [6, 6.07) is 4.74.